The fourth-order valence-electron chi connectivity index (χ4n) is 1.30. The highest BCUT2D eigenvalue weighted by molar-refractivity contribution is 7.39. The van der Waals surface area contributed by atoms with Gasteiger partial charge in [0.25, 0.3) is 0 Å². The quantitative estimate of drug-likeness (QED) is 0.763. The molecule has 0 spiro atoms. The summed E-state index contributed by atoms with van der Waals surface area (Å²) in [6.07, 6.45) is 0. The molecule has 1 unspecified atom stereocenters. The molecular formula is C13H12O3P-. The minimum Gasteiger partial charge on any atom is -0.776 e. The zero-order valence-electron chi connectivity index (χ0n) is 9.15. The standard InChI is InChI=1S/C13H12O3P/c14-17(16-13-9-5-2-6-10-13)15-11-12-7-3-1-4-8-12/h1-10H,11H2/q-1. The molecule has 2 aromatic rings. The summed E-state index contributed by atoms with van der Waals surface area (Å²) in [5.74, 6) is 0.543. The molecule has 0 amide bonds. The summed E-state index contributed by atoms with van der Waals surface area (Å²) in [6.45, 7) is 0.281. The first-order valence-corrected chi connectivity index (χ1v) is 6.31. The van der Waals surface area contributed by atoms with Crippen molar-refractivity contribution in [3.63, 3.8) is 0 Å². The fraction of sp³-hybridized carbons (Fsp3) is 0.0769. The molecule has 0 aliphatic carbocycles. The van der Waals surface area contributed by atoms with Gasteiger partial charge < -0.3 is 13.9 Å². The molecule has 0 bridgehead atoms. The monoisotopic (exact) mass is 247 g/mol. The molecule has 0 aromatic heterocycles. The zero-order chi connectivity index (χ0) is 11.9. The van der Waals surface area contributed by atoms with E-state index in [1.807, 2.05) is 48.5 Å². The van der Waals surface area contributed by atoms with Gasteiger partial charge in [-0.1, -0.05) is 48.5 Å². The van der Waals surface area contributed by atoms with E-state index in [4.69, 9.17) is 9.05 Å². The maximum atomic E-state index is 11.5. The Labute approximate surface area is 102 Å². The summed E-state index contributed by atoms with van der Waals surface area (Å²) < 4.78 is 10.2. The Morgan fingerprint density at radius 3 is 2.12 bits per heavy atom. The SMILES string of the molecule is [O-]P(OCc1ccccc1)Oc1ccccc1. The molecule has 0 saturated heterocycles. The summed E-state index contributed by atoms with van der Waals surface area (Å²) in [6, 6.07) is 18.5. The molecule has 2 aromatic carbocycles. The van der Waals surface area contributed by atoms with Crippen LogP contribution in [0.15, 0.2) is 60.7 Å². The van der Waals surface area contributed by atoms with Crippen molar-refractivity contribution < 1.29 is 13.9 Å². The molecule has 0 fully saturated rings. The van der Waals surface area contributed by atoms with Gasteiger partial charge in [-0.15, -0.1) is 0 Å². The van der Waals surface area contributed by atoms with Crippen LogP contribution in [0.25, 0.3) is 0 Å². The molecule has 0 heterocycles. The maximum Gasteiger partial charge on any atom is 0.147 e. The summed E-state index contributed by atoms with van der Waals surface area (Å²) in [4.78, 5) is 11.5. The predicted molar refractivity (Wildman–Crippen MR) is 65.2 cm³/mol. The van der Waals surface area contributed by atoms with E-state index in [2.05, 4.69) is 0 Å². The van der Waals surface area contributed by atoms with Crippen molar-refractivity contribution in [2.75, 3.05) is 0 Å². The average molecular weight is 247 g/mol. The first-order valence-electron chi connectivity index (χ1n) is 5.22. The third kappa shape index (κ3) is 4.16. The topological polar surface area (TPSA) is 41.5 Å². The summed E-state index contributed by atoms with van der Waals surface area (Å²) in [5.41, 5.74) is 0.965. The van der Waals surface area contributed by atoms with Crippen LogP contribution < -0.4 is 9.42 Å². The van der Waals surface area contributed by atoms with Crippen molar-refractivity contribution in [3.8, 4) is 5.75 Å². The minimum atomic E-state index is -2.13. The zero-order valence-corrected chi connectivity index (χ0v) is 10.0. The van der Waals surface area contributed by atoms with E-state index in [0.717, 1.165) is 5.56 Å². The molecular weight excluding hydrogens is 235 g/mol. The van der Waals surface area contributed by atoms with Crippen molar-refractivity contribution in [3.05, 3.63) is 66.2 Å². The highest BCUT2D eigenvalue weighted by atomic mass is 31.2. The lowest BCUT2D eigenvalue weighted by atomic mass is 10.2. The van der Waals surface area contributed by atoms with Crippen molar-refractivity contribution in [2.45, 2.75) is 6.61 Å². The predicted octanol–water partition coefficient (Wildman–Crippen LogP) is 2.87. The molecule has 0 radical (unpaired) electrons. The molecule has 1 atom stereocenters. The van der Waals surface area contributed by atoms with Crippen LogP contribution in [0.1, 0.15) is 5.56 Å². The second-order valence-corrected chi connectivity index (χ2v) is 4.27. The molecule has 0 aliphatic heterocycles. The summed E-state index contributed by atoms with van der Waals surface area (Å²) in [7, 11) is -2.13. The lowest BCUT2D eigenvalue weighted by Crippen LogP contribution is -2.05. The van der Waals surface area contributed by atoms with E-state index in [0.29, 0.717) is 5.75 Å². The molecule has 88 valence electrons. The highest BCUT2D eigenvalue weighted by Crippen LogP contribution is 2.31. The summed E-state index contributed by atoms with van der Waals surface area (Å²) >= 11 is 0. The van der Waals surface area contributed by atoms with Gasteiger partial charge in [0.15, 0.2) is 0 Å². The van der Waals surface area contributed by atoms with E-state index >= 15 is 0 Å². The van der Waals surface area contributed by atoms with Crippen molar-refractivity contribution >= 4 is 8.60 Å². The third-order valence-electron chi connectivity index (χ3n) is 2.10. The Hall–Kier alpha value is -1.41. The molecule has 0 saturated carbocycles. The summed E-state index contributed by atoms with van der Waals surface area (Å²) in [5, 5.41) is 0. The highest BCUT2D eigenvalue weighted by Gasteiger charge is 1.99. The molecule has 0 aliphatic rings. The smallest absolute Gasteiger partial charge is 0.147 e. The minimum absolute atomic E-state index is 0.281. The van der Waals surface area contributed by atoms with E-state index in [1.54, 1.807) is 12.1 Å². The first kappa shape index (κ1) is 12.1. The second kappa shape index (κ2) is 6.36. The van der Waals surface area contributed by atoms with Crippen molar-refractivity contribution in [1.82, 2.24) is 0 Å². The van der Waals surface area contributed by atoms with E-state index in [-0.39, 0.29) is 6.61 Å². The van der Waals surface area contributed by atoms with Gasteiger partial charge in [0.1, 0.15) is 14.4 Å². The van der Waals surface area contributed by atoms with Gasteiger partial charge >= 0.3 is 0 Å². The van der Waals surface area contributed by atoms with Gasteiger partial charge in [0.2, 0.25) is 0 Å². The van der Waals surface area contributed by atoms with Gasteiger partial charge in [-0.05, 0) is 17.7 Å². The van der Waals surface area contributed by atoms with Gasteiger partial charge in [-0.3, -0.25) is 0 Å². The fourth-order valence-corrected chi connectivity index (χ4v) is 1.90. The van der Waals surface area contributed by atoms with Crippen LogP contribution in [0.5, 0.6) is 5.75 Å². The average Bonchev–Trinajstić information content (AvgIpc) is 2.39. The Kier molecular flexibility index (Phi) is 4.51. The van der Waals surface area contributed by atoms with Crippen LogP contribution in [0.2, 0.25) is 0 Å². The Balaban J connectivity index is 1.80. The van der Waals surface area contributed by atoms with Gasteiger partial charge in [-0.2, -0.15) is 0 Å². The van der Waals surface area contributed by atoms with Crippen LogP contribution >= 0.6 is 8.60 Å². The Bertz CT molecular complexity index is 433. The van der Waals surface area contributed by atoms with Crippen molar-refractivity contribution in [2.24, 2.45) is 0 Å². The Morgan fingerprint density at radius 1 is 0.882 bits per heavy atom. The van der Waals surface area contributed by atoms with Crippen LogP contribution in [0, 0.1) is 0 Å². The lowest BCUT2D eigenvalue weighted by molar-refractivity contribution is -0.197. The normalized spacial score (nSPS) is 12.1. The maximum absolute atomic E-state index is 11.5. The lowest BCUT2D eigenvalue weighted by Gasteiger charge is -2.22. The number of benzene rings is 2. The van der Waals surface area contributed by atoms with Crippen molar-refractivity contribution in [1.29, 1.82) is 0 Å². The van der Waals surface area contributed by atoms with E-state index in [9.17, 15) is 4.89 Å². The van der Waals surface area contributed by atoms with Crippen LogP contribution in [-0.4, -0.2) is 0 Å². The largest absolute Gasteiger partial charge is 0.776 e. The Morgan fingerprint density at radius 2 is 1.47 bits per heavy atom. The molecule has 3 nitrogen and oxygen atoms in total. The van der Waals surface area contributed by atoms with E-state index in [1.165, 1.54) is 0 Å². The van der Waals surface area contributed by atoms with Gasteiger partial charge in [0.05, 0.1) is 6.61 Å². The van der Waals surface area contributed by atoms with Crippen LogP contribution in [0.3, 0.4) is 0 Å². The third-order valence-corrected chi connectivity index (χ3v) is 2.80. The number of para-hydroxylation sites is 1. The number of hydrogen-bond donors (Lipinski definition) is 0. The molecule has 4 heteroatoms. The van der Waals surface area contributed by atoms with E-state index < -0.39 is 8.60 Å². The molecule has 0 N–H and O–H groups in total. The number of rotatable bonds is 5. The first-order chi connectivity index (χ1) is 8.34. The van der Waals surface area contributed by atoms with Crippen LogP contribution in [0.4, 0.5) is 0 Å². The number of hydrogen-bond acceptors (Lipinski definition) is 3. The second-order valence-electron chi connectivity index (χ2n) is 3.39. The van der Waals surface area contributed by atoms with Crippen LogP contribution in [-0.2, 0) is 11.1 Å². The molecule has 17 heavy (non-hydrogen) atoms. The van der Waals surface area contributed by atoms with Gasteiger partial charge in [0, 0.05) is 0 Å². The molecule has 2 rings (SSSR count). The van der Waals surface area contributed by atoms with Gasteiger partial charge in [-0.25, -0.2) is 0 Å².